The van der Waals surface area contributed by atoms with Crippen LogP contribution in [0.5, 0.6) is 0 Å². The van der Waals surface area contributed by atoms with Crippen molar-refractivity contribution in [2.75, 3.05) is 44.4 Å². The van der Waals surface area contributed by atoms with Gasteiger partial charge in [-0.05, 0) is 56.5 Å². The van der Waals surface area contributed by atoms with Crippen LogP contribution in [-0.2, 0) is 9.47 Å². The van der Waals surface area contributed by atoms with Crippen molar-refractivity contribution in [2.24, 2.45) is 10.2 Å². The van der Waals surface area contributed by atoms with E-state index >= 15 is 0 Å². The Morgan fingerprint density at radius 2 is 1.72 bits per heavy atom. The fraction of sp³-hybridized carbons (Fsp3) is 0.600. The van der Waals surface area contributed by atoms with Gasteiger partial charge in [-0.1, -0.05) is 45.4 Å². The molecule has 0 bridgehead atoms. The number of benzene rings is 1. The molecule has 9 heteroatoms. The maximum absolute atomic E-state index is 10.1. The number of aliphatic hydroxyl groups excluding tert-OH is 1. The molecule has 0 aliphatic rings. The Balaban J connectivity index is 1.73. The number of unbranched alkanes of at least 4 members (excludes halogenated alkanes) is 5. The summed E-state index contributed by atoms with van der Waals surface area (Å²) in [5.41, 5.74) is 3.81. The van der Waals surface area contributed by atoms with E-state index < -0.39 is 6.10 Å². The number of likely N-dealkylation sites (N-methyl/N-ethyl adjacent to an activating group) is 1. The van der Waals surface area contributed by atoms with Gasteiger partial charge in [0.2, 0.25) is 0 Å². The molecule has 0 aliphatic heterocycles. The molecule has 0 spiro atoms. The Hall–Kier alpha value is -2.82. The molecule has 0 radical (unpaired) electrons. The molecule has 0 saturated carbocycles. The first-order valence-corrected chi connectivity index (χ1v) is 14.8. The van der Waals surface area contributed by atoms with E-state index in [0.717, 1.165) is 42.9 Å². The Morgan fingerprint density at radius 3 is 2.41 bits per heavy atom. The molecule has 39 heavy (non-hydrogen) atoms. The number of azo groups is 1. The lowest BCUT2D eigenvalue weighted by Gasteiger charge is -2.23. The Kier molecular flexibility index (Phi) is 15.3. The van der Waals surface area contributed by atoms with Crippen LogP contribution in [0.15, 0.2) is 28.4 Å². The molecule has 8 nitrogen and oxygen atoms in total. The first-order valence-electron chi connectivity index (χ1n) is 14.0. The van der Waals surface area contributed by atoms with Crippen molar-refractivity contribution in [3.63, 3.8) is 0 Å². The number of anilines is 1. The molecule has 1 unspecified atom stereocenters. The molecular weight excluding hydrogens is 510 g/mol. The van der Waals surface area contributed by atoms with Gasteiger partial charge >= 0.3 is 0 Å². The van der Waals surface area contributed by atoms with Crippen molar-refractivity contribution in [2.45, 2.75) is 78.7 Å². The van der Waals surface area contributed by atoms with E-state index in [2.05, 4.69) is 47.2 Å². The van der Waals surface area contributed by atoms with Crippen LogP contribution < -0.4 is 4.90 Å². The second-order valence-corrected chi connectivity index (χ2v) is 10.6. The number of nitrogens with zero attached hydrogens (tertiary/aromatic N) is 5. The molecular formula is C30H43N5O3S. The van der Waals surface area contributed by atoms with E-state index in [0.29, 0.717) is 47.4 Å². The molecule has 0 amide bonds. The van der Waals surface area contributed by atoms with E-state index in [-0.39, 0.29) is 0 Å². The normalized spacial score (nSPS) is 12.0. The van der Waals surface area contributed by atoms with E-state index in [1.165, 1.54) is 43.4 Å². The predicted octanol–water partition coefficient (Wildman–Crippen LogP) is 7.49. The maximum atomic E-state index is 10.1. The van der Waals surface area contributed by atoms with Crippen LogP contribution in [0.25, 0.3) is 0 Å². The van der Waals surface area contributed by atoms with Gasteiger partial charge in [0.25, 0.3) is 0 Å². The number of ether oxygens (including phenoxy) is 2. The SMILES string of the molecule is CCCCCCCCC(O)COCCOCCN(CC)c1ccc(N=Nc2sc(C#N)c(C)c2C#N)c(C)c1. The highest BCUT2D eigenvalue weighted by molar-refractivity contribution is 7.16. The van der Waals surface area contributed by atoms with Gasteiger partial charge in [0.05, 0.1) is 43.8 Å². The number of aryl methyl sites for hydroxylation is 1. The van der Waals surface area contributed by atoms with E-state index in [1.807, 2.05) is 19.1 Å². The van der Waals surface area contributed by atoms with Crippen LogP contribution in [0.3, 0.4) is 0 Å². The van der Waals surface area contributed by atoms with Gasteiger partial charge in [0.15, 0.2) is 5.00 Å². The Morgan fingerprint density at radius 1 is 0.974 bits per heavy atom. The van der Waals surface area contributed by atoms with Gasteiger partial charge in [-0.2, -0.15) is 10.5 Å². The smallest absolute Gasteiger partial charge is 0.158 e. The molecule has 0 fully saturated rings. The minimum absolute atomic E-state index is 0.367. The highest BCUT2D eigenvalue weighted by atomic mass is 32.1. The summed E-state index contributed by atoms with van der Waals surface area (Å²) in [6.07, 6.45) is 7.75. The fourth-order valence-corrected chi connectivity index (χ4v) is 5.06. The van der Waals surface area contributed by atoms with Gasteiger partial charge < -0.3 is 19.5 Å². The second kappa shape index (κ2) is 18.5. The average molecular weight is 554 g/mol. The first kappa shape index (κ1) is 32.4. The largest absolute Gasteiger partial charge is 0.391 e. The van der Waals surface area contributed by atoms with Gasteiger partial charge in [0.1, 0.15) is 17.0 Å². The number of hydrogen-bond acceptors (Lipinski definition) is 9. The average Bonchev–Trinajstić information content (AvgIpc) is 3.25. The zero-order valence-electron chi connectivity index (χ0n) is 23.9. The van der Waals surface area contributed by atoms with Crippen LogP contribution >= 0.6 is 11.3 Å². The lowest BCUT2D eigenvalue weighted by atomic mass is 10.1. The van der Waals surface area contributed by atoms with Crippen LogP contribution in [-0.4, -0.2) is 50.7 Å². The quantitative estimate of drug-likeness (QED) is 0.142. The van der Waals surface area contributed by atoms with Crippen molar-refractivity contribution in [3.8, 4) is 12.1 Å². The topological polar surface area (TPSA) is 114 Å². The second-order valence-electron chi connectivity index (χ2n) is 9.61. The van der Waals surface area contributed by atoms with Crippen LogP contribution in [0.4, 0.5) is 16.4 Å². The Bertz CT molecular complexity index is 1120. The molecule has 0 aliphatic carbocycles. The van der Waals surface area contributed by atoms with E-state index in [1.54, 1.807) is 6.92 Å². The third-order valence-electron chi connectivity index (χ3n) is 6.60. The zero-order valence-corrected chi connectivity index (χ0v) is 24.7. The van der Waals surface area contributed by atoms with Crippen molar-refractivity contribution in [1.82, 2.24) is 0 Å². The van der Waals surface area contributed by atoms with Crippen LogP contribution in [0.2, 0.25) is 0 Å². The van der Waals surface area contributed by atoms with Crippen molar-refractivity contribution >= 4 is 27.7 Å². The molecule has 1 atom stereocenters. The molecule has 2 rings (SSSR count). The summed E-state index contributed by atoms with van der Waals surface area (Å²) in [5.74, 6) is 0. The molecule has 2 aromatic rings. The summed E-state index contributed by atoms with van der Waals surface area (Å²) in [7, 11) is 0. The van der Waals surface area contributed by atoms with Gasteiger partial charge in [0, 0.05) is 18.8 Å². The first-order chi connectivity index (χ1) is 18.9. The summed E-state index contributed by atoms with van der Waals surface area (Å²) < 4.78 is 11.3. The molecule has 1 heterocycles. The highest BCUT2D eigenvalue weighted by Crippen LogP contribution is 2.36. The lowest BCUT2D eigenvalue weighted by Crippen LogP contribution is -2.27. The minimum Gasteiger partial charge on any atom is -0.391 e. The van der Waals surface area contributed by atoms with Gasteiger partial charge in [-0.3, -0.25) is 0 Å². The van der Waals surface area contributed by atoms with Crippen LogP contribution in [0, 0.1) is 36.5 Å². The third kappa shape index (κ3) is 11.1. The summed E-state index contributed by atoms with van der Waals surface area (Å²) in [6, 6.07) is 10.2. The summed E-state index contributed by atoms with van der Waals surface area (Å²) in [5, 5.41) is 37.8. The summed E-state index contributed by atoms with van der Waals surface area (Å²) >= 11 is 1.18. The number of nitriles is 2. The maximum Gasteiger partial charge on any atom is 0.158 e. The highest BCUT2D eigenvalue weighted by Gasteiger charge is 2.15. The molecule has 1 aromatic heterocycles. The van der Waals surface area contributed by atoms with Gasteiger partial charge in [-0.25, -0.2) is 0 Å². The van der Waals surface area contributed by atoms with E-state index in [9.17, 15) is 15.6 Å². The fourth-order valence-electron chi connectivity index (χ4n) is 4.18. The molecule has 1 N–H and O–H groups in total. The van der Waals surface area contributed by atoms with Crippen molar-refractivity contribution in [3.05, 3.63) is 39.8 Å². The lowest BCUT2D eigenvalue weighted by molar-refractivity contribution is 0.00182. The zero-order chi connectivity index (χ0) is 28.5. The number of aliphatic hydroxyl groups is 1. The number of hydrogen-bond donors (Lipinski definition) is 1. The van der Waals surface area contributed by atoms with Crippen molar-refractivity contribution in [1.29, 1.82) is 10.5 Å². The monoisotopic (exact) mass is 553 g/mol. The van der Waals surface area contributed by atoms with E-state index in [4.69, 9.17) is 9.47 Å². The Labute approximate surface area is 237 Å². The minimum atomic E-state index is -0.393. The third-order valence-corrected chi connectivity index (χ3v) is 7.68. The van der Waals surface area contributed by atoms with Crippen molar-refractivity contribution < 1.29 is 14.6 Å². The standard InChI is InChI=1S/C30H43N5O3S/c1-5-7-8-9-10-11-12-26(36)22-38-18-17-37-16-15-35(6-2)25-13-14-28(23(3)19-25)33-34-30-27(20-31)24(4)29(21-32)39-30/h13-14,19,26,36H,5-12,15-18,22H2,1-4H3. The predicted molar refractivity (Wildman–Crippen MR) is 157 cm³/mol. The number of rotatable bonds is 19. The molecule has 1 aromatic carbocycles. The summed E-state index contributed by atoms with van der Waals surface area (Å²) in [4.78, 5) is 2.72. The molecule has 0 saturated heterocycles. The molecule has 212 valence electrons. The van der Waals surface area contributed by atoms with Crippen LogP contribution in [0.1, 0.15) is 80.4 Å². The summed E-state index contributed by atoms with van der Waals surface area (Å²) in [6.45, 7) is 11.6. The number of thiophene rings is 1. The van der Waals surface area contributed by atoms with Gasteiger partial charge in [-0.15, -0.1) is 21.6 Å².